The molecule has 0 saturated carbocycles. The lowest BCUT2D eigenvalue weighted by Crippen LogP contribution is -2.52. The van der Waals surface area contributed by atoms with Gasteiger partial charge in [-0.25, -0.2) is 8.78 Å². The molecule has 6 rings (SSSR count). The molecule has 4 heterocycles. The maximum Gasteiger partial charge on any atom is 0.313 e. The highest BCUT2D eigenvalue weighted by atomic mass is 19.2. The van der Waals surface area contributed by atoms with Gasteiger partial charge >= 0.3 is 11.8 Å². The van der Waals surface area contributed by atoms with Crippen LogP contribution in [-0.2, 0) is 20.7 Å². The molecule has 4 aromatic rings. The van der Waals surface area contributed by atoms with E-state index in [4.69, 9.17) is 14.2 Å². The Morgan fingerprint density at radius 2 is 1.63 bits per heavy atom. The number of aromatic nitrogens is 3. The zero-order valence-electron chi connectivity index (χ0n) is 27.4. The van der Waals surface area contributed by atoms with Crippen LogP contribution in [0.5, 0.6) is 11.5 Å². The lowest BCUT2D eigenvalue weighted by Gasteiger charge is -2.35. The number of morpholine rings is 1. The number of piperazine rings is 1. The van der Waals surface area contributed by atoms with E-state index in [1.54, 1.807) is 19.5 Å². The summed E-state index contributed by atoms with van der Waals surface area (Å²) >= 11 is 0. The number of benzene rings is 2. The number of hydrogen-bond donors (Lipinski definition) is 1. The highest BCUT2D eigenvalue weighted by molar-refractivity contribution is 6.39. The second kappa shape index (κ2) is 16.0. The van der Waals surface area contributed by atoms with Gasteiger partial charge in [0.05, 0.1) is 32.6 Å². The van der Waals surface area contributed by atoms with Crippen molar-refractivity contribution in [3.05, 3.63) is 77.8 Å². The van der Waals surface area contributed by atoms with Gasteiger partial charge in [-0.2, -0.15) is 5.10 Å². The molecule has 0 bridgehead atoms. The fourth-order valence-electron chi connectivity index (χ4n) is 6.00. The van der Waals surface area contributed by atoms with Crippen LogP contribution in [0.2, 0.25) is 0 Å². The lowest BCUT2D eigenvalue weighted by atomic mass is 10.0. The number of unbranched alkanes of at least 4 members (excludes halogenated alkanes) is 1. The summed E-state index contributed by atoms with van der Waals surface area (Å²) in [6.45, 7) is 6.26. The lowest BCUT2D eigenvalue weighted by molar-refractivity contribution is -0.143. The SMILES string of the molecule is COc1cc2c(Cc3ccncc3)nnc(N3CCN(C(=O)C(=O)Nc4ccc(F)c(F)c4)CC3)c2cc1OCCCCN1CCOCC1. The van der Waals surface area contributed by atoms with Crippen LogP contribution in [0.15, 0.2) is 54.9 Å². The first-order valence-corrected chi connectivity index (χ1v) is 16.4. The molecule has 2 aliphatic rings. The molecule has 258 valence electrons. The first kappa shape index (κ1) is 33.9. The predicted molar refractivity (Wildman–Crippen MR) is 179 cm³/mol. The Bertz CT molecular complexity index is 1770. The van der Waals surface area contributed by atoms with E-state index < -0.39 is 23.4 Å². The van der Waals surface area contributed by atoms with Crippen molar-refractivity contribution in [2.24, 2.45) is 0 Å². The number of amides is 2. The number of ether oxygens (including phenoxy) is 3. The van der Waals surface area contributed by atoms with Crippen molar-refractivity contribution in [1.82, 2.24) is 25.0 Å². The summed E-state index contributed by atoms with van der Waals surface area (Å²) in [5.74, 6) is -2.02. The van der Waals surface area contributed by atoms with Gasteiger partial charge in [0.2, 0.25) is 0 Å². The molecule has 2 fully saturated rings. The molecule has 0 radical (unpaired) electrons. The summed E-state index contributed by atoms with van der Waals surface area (Å²) < 4.78 is 44.4. The van der Waals surface area contributed by atoms with Gasteiger partial charge in [0, 0.05) is 80.6 Å². The van der Waals surface area contributed by atoms with Crippen molar-refractivity contribution < 1.29 is 32.6 Å². The third-order valence-corrected chi connectivity index (χ3v) is 8.71. The van der Waals surface area contributed by atoms with Gasteiger partial charge in [0.15, 0.2) is 29.0 Å². The van der Waals surface area contributed by atoms with Crippen LogP contribution < -0.4 is 19.7 Å². The van der Waals surface area contributed by atoms with E-state index in [1.807, 2.05) is 29.2 Å². The number of hydrogen-bond acceptors (Lipinski definition) is 10. The number of nitrogens with one attached hydrogen (secondary N) is 1. The first-order valence-electron chi connectivity index (χ1n) is 16.4. The van der Waals surface area contributed by atoms with Gasteiger partial charge in [-0.1, -0.05) is 0 Å². The Kier molecular flexibility index (Phi) is 11.1. The molecular formula is C35H39F2N7O5. The van der Waals surface area contributed by atoms with E-state index >= 15 is 0 Å². The Morgan fingerprint density at radius 1 is 0.878 bits per heavy atom. The van der Waals surface area contributed by atoms with E-state index in [-0.39, 0.29) is 18.8 Å². The maximum absolute atomic E-state index is 13.6. The average molecular weight is 676 g/mol. The Labute approximate surface area is 283 Å². The molecule has 0 atom stereocenters. The molecule has 0 spiro atoms. The molecule has 12 nitrogen and oxygen atoms in total. The summed E-state index contributed by atoms with van der Waals surface area (Å²) in [5, 5.41) is 13.3. The zero-order valence-corrected chi connectivity index (χ0v) is 27.4. The monoisotopic (exact) mass is 675 g/mol. The van der Waals surface area contributed by atoms with Gasteiger partial charge in [-0.05, 0) is 61.3 Å². The van der Waals surface area contributed by atoms with Crippen LogP contribution in [-0.4, -0.2) is 110 Å². The van der Waals surface area contributed by atoms with E-state index in [9.17, 15) is 18.4 Å². The van der Waals surface area contributed by atoms with Crippen molar-refractivity contribution >= 4 is 34.1 Å². The zero-order chi connectivity index (χ0) is 34.2. The van der Waals surface area contributed by atoms with Crippen molar-refractivity contribution in [3.63, 3.8) is 0 Å². The molecule has 0 aliphatic carbocycles. The molecule has 2 aliphatic heterocycles. The number of anilines is 2. The molecule has 2 saturated heterocycles. The minimum absolute atomic E-state index is 0.00459. The molecular weight excluding hydrogens is 636 g/mol. The maximum atomic E-state index is 13.6. The van der Waals surface area contributed by atoms with E-state index in [0.29, 0.717) is 43.4 Å². The molecule has 2 aromatic carbocycles. The minimum atomic E-state index is -1.12. The number of methoxy groups -OCH3 is 1. The largest absolute Gasteiger partial charge is 0.493 e. The van der Waals surface area contributed by atoms with Crippen molar-refractivity contribution in [3.8, 4) is 11.5 Å². The number of nitrogens with zero attached hydrogens (tertiary/aromatic N) is 6. The third kappa shape index (κ3) is 8.38. The molecule has 14 heteroatoms. The van der Waals surface area contributed by atoms with Crippen LogP contribution in [0, 0.1) is 11.6 Å². The van der Waals surface area contributed by atoms with Crippen LogP contribution >= 0.6 is 0 Å². The number of carbonyl (C=O) groups excluding carboxylic acids is 2. The number of fused-ring (bicyclic) bond motifs is 1. The topological polar surface area (TPSA) is 122 Å². The molecule has 49 heavy (non-hydrogen) atoms. The number of rotatable bonds is 11. The highest BCUT2D eigenvalue weighted by Gasteiger charge is 2.28. The van der Waals surface area contributed by atoms with Crippen LogP contribution in [0.4, 0.5) is 20.3 Å². The second-order valence-corrected chi connectivity index (χ2v) is 11.9. The molecule has 2 aromatic heterocycles. The van der Waals surface area contributed by atoms with E-state index in [2.05, 4.69) is 25.4 Å². The minimum Gasteiger partial charge on any atom is -0.493 e. The average Bonchev–Trinajstić information content (AvgIpc) is 3.13. The molecule has 2 amide bonds. The normalized spacial score (nSPS) is 15.3. The smallest absolute Gasteiger partial charge is 0.313 e. The highest BCUT2D eigenvalue weighted by Crippen LogP contribution is 2.38. The third-order valence-electron chi connectivity index (χ3n) is 8.71. The summed E-state index contributed by atoms with van der Waals surface area (Å²) in [6.07, 6.45) is 5.90. The van der Waals surface area contributed by atoms with Crippen molar-refractivity contribution in [1.29, 1.82) is 0 Å². The van der Waals surface area contributed by atoms with E-state index in [0.717, 1.165) is 79.9 Å². The van der Waals surface area contributed by atoms with Crippen LogP contribution in [0.25, 0.3) is 10.8 Å². The van der Waals surface area contributed by atoms with Gasteiger partial charge in [-0.3, -0.25) is 19.5 Å². The molecule has 1 N–H and O–H groups in total. The number of halogens is 2. The van der Waals surface area contributed by atoms with Crippen LogP contribution in [0.1, 0.15) is 24.1 Å². The van der Waals surface area contributed by atoms with Crippen molar-refractivity contribution in [2.45, 2.75) is 19.3 Å². The fourth-order valence-corrected chi connectivity index (χ4v) is 6.00. The summed E-state index contributed by atoms with van der Waals surface area (Å²) in [5.41, 5.74) is 1.80. The Morgan fingerprint density at radius 3 is 2.37 bits per heavy atom. The van der Waals surface area contributed by atoms with Gasteiger partial charge in [-0.15, -0.1) is 5.10 Å². The Balaban J connectivity index is 1.18. The summed E-state index contributed by atoms with van der Waals surface area (Å²) in [4.78, 5) is 35.5. The number of pyridine rings is 1. The second-order valence-electron chi connectivity index (χ2n) is 11.9. The van der Waals surface area contributed by atoms with Crippen LogP contribution in [0.3, 0.4) is 0 Å². The van der Waals surface area contributed by atoms with Gasteiger partial charge in [0.1, 0.15) is 0 Å². The quantitative estimate of drug-likeness (QED) is 0.186. The van der Waals surface area contributed by atoms with E-state index in [1.165, 1.54) is 11.0 Å². The summed E-state index contributed by atoms with van der Waals surface area (Å²) in [7, 11) is 1.61. The Hall–Kier alpha value is -4.95. The standard InChI is InChI=1S/C35H39F2N7O5/c1-47-31-22-26-27(23-32(31)49-17-3-2-10-42-15-18-48-19-16-42)33(41-40-30(26)20-24-6-8-38-9-7-24)43-11-13-44(14-12-43)35(46)34(45)39-25-4-5-28(36)29(37)21-25/h4-9,21-23H,2-3,10-20H2,1H3,(H,39,45). The van der Waals surface area contributed by atoms with Gasteiger partial charge in [0.25, 0.3) is 0 Å². The molecule has 0 unspecified atom stereocenters. The van der Waals surface area contributed by atoms with Crippen molar-refractivity contribution in [2.75, 3.05) is 83.0 Å². The fraction of sp³-hybridized carbons (Fsp3) is 0.400. The summed E-state index contributed by atoms with van der Waals surface area (Å²) in [6, 6.07) is 10.7. The predicted octanol–water partition coefficient (Wildman–Crippen LogP) is 3.68. The first-order chi connectivity index (χ1) is 23.9. The van der Waals surface area contributed by atoms with Gasteiger partial charge < -0.3 is 29.3 Å². The number of carbonyl (C=O) groups is 2.